The van der Waals surface area contributed by atoms with Crippen molar-refractivity contribution in [3.63, 3.8) is 0 Å². The van der Waals surface area contributed by atoms with Gasteiger partial charge in [-0.3, -0.25) is 9.97 Å². The Morgan fingerprint density at radius 2 is 0.973 bits per heavy atom. The maximum absolute atomic E-state index is 4.74. The lowest BCUT2D eigenvalue weighted by Gasteiger charge is -2.15. The summed E-state index contributed by atoms with van der Waals surface area (Å²) in [5, 5.41) is 9.71. The van der Waals surface area contributed by atoms with Gasteiger partial charge in [-0.05, 0) is 75.2 Å². The highest BCUT2D eigenvalue weighted by Crippen LogP contribution is 2.28. The molecular weight excluding hydrogens is 456 g/mol. The number of fused-ring (bicyclic) bond motifs is 2. The van der Waals surface area contributed by atoms with Gasteiger partial charge in [0.25, 0.3) is 0 Å². The van der Waals surface area contributed by atoms with Crippen molar-refractivity contribution in [3.05, 3.63) is 59.9 Å². The highest BCUT2D eigenvalue weighted by Gasteiger charge is 2.07. The van der Waals surface area contributed by atoms with Crippen molar-refractivity contribution < 1.29 is 0 Å². The fraction of sp³-hybridized carbons (Fsp3) is 0.419. The average molecular weight is 499 g/mol. The van der Waals surface area contributed by atoms with E-state index in [1.807, 2.05) is 0 Å². The Morgan fingerprint density at radius 1 is 0.568 bits per heavy atom. The molecule has 0 aliphatic carbocycles. The van der Waals surface area contributed by atoms with Crippen LogP contribution >= 0.6 is 0 Å². The molecule has 0 amide bonds. The quantitative estimate of drug-likeness (QED) is 0.205. The zero-order valence-electron chi connectivity index (χ0n) is 23.4. The van der Waals surface area contributed by atoms with E-state index in [4.69, 9.17) is 9.97 Å². The maximum atomic E-state index is 4.74. The molecule has 4 aromatic rings. The Kier molecular flexibility index (Phi) is 8.70. The molecule has 6 nitrogen and oxygen atoms in total. The number of benzene rings is 2. The number of aromatic nitrogens is 2. The van der Waals surface area contributed by atoms with Crippen LogP contribution < -0.4 is 20.4 Å². The molecule has 0 atom stereocenters. The molecule has 0 spiro atoms. The Balaban J connectivity index is 1.20. The lowest BCUT2D eigenvalue weighted by molar-refractivity contribution is 0.635. The molecule has 0 aliphatic heterocycles. The second kappa shape index (κ2) is 12.1. The second-order valence-electron chi connectivity index (χ2n) is 10.4. The Bertz CT molecular complexity index is 1240. The van der Waals surface area contributed by atoms with Crippen LogP contribution in [0.25, 0.3) is 21.8 Å². The highest BCUT2D eigenvalue weighted by atomic mass is 15.1. The van der Waals surface area contributed by atoms with Gasteiger partial charge in [0.05, 0.1) is 11.0 Å². The summed E-state index contributed by atoms with van der Waals surface area (Å²) in [6, 6.07) is 17.3. The summed E-state index contributed by atoms with van der Waals surface area (Å²) in [5.74, 6) is 0. The van der Waals surface area contributed by atoms with E-state index in [-0.39, 0.29) is 0 Å². The standard InChI is InChI=1S/C31H42N6/c1-22-18-28(26-14-12-24(36(3)4)20-30(26)34-22)32-16-10-8-7-9-11-17-33-29-19-23(2)35-31-21-25(37(5)6)13-15-27(29)31/h12-15,18-21H,7-11,16-17H2,1-6H3,(H,32,34)(H,33,35). The number of unbranched alkanes of at least 4 members (excludes halogenated alkanes) is 4. The molecule has 0 fully saturated rings. The SMILES string of the molecule is Cc1cc(NCCCCCCCNc2cc(C)nc3cc(N(C)C)ccc23)c2ccc(N(C)C)cc2n1. The number of rotatable bonds is 12. The molecule has 2 N–H and O–H groups in total. The van der Waals surface area contributed by atoms with Crippen LogP contribution in [0.5, 0.6) is 0 Å². The first kappa shape index (κ1) is 26.5. The molecule has 0 saturated heterocycles. The van der Waals surface area contributed by atoms with Crippen LogP contribution in [0.3, 0.4) is 0 Å². The molecule has 6 heteroatoms. The van der Waals surface area contributed by atoms with Crippen molar-refractivity contribution in [2.45, 2.75) is 46.0 Å². The van der Waals surface area contributed by atoms with Crippen molar-refractivity contribution in [3.8, 4) is 0 Å². The first-order valence-corrected chi connectivity index (χ1v) is 13.5. The van der Waals surface area contributed by atoms with Gasteiger partial charge in [-0.15, -0.1) is 0 Å². The van der Waals surface area contributed by atoms with E-state index in [0.29, 0.717) is 0 Å². The van der Waals surface area contributed by atoms with Crippen molar-refractivity contribution in [2.24, 2.45) is 0 Å². The fourth-order valence-electron chi connectivity index (χ4n) is 4.77. The summed E-state index contributed by atoms with van der Waals surface area (Å²) in [5.41, 5.74) is 8.94. The fourth-order valence-corrected chi connectivity index (χ4v) is 4.77. The van der Waals surface area contributed by atoms with Crippen molar-refractivity contribution in [2.75, 3.05) is 61.7 Å². The minimum atomic E-state index is 0.990. The van der Waals surface area contributed by atoms with Gasteiger partial charge < -0.3 is 20.4 Å². The summed E-state index contributed by atoms with van der Waals surface area (Å²) >= 11 is 0. The van der Waals surface area contributed by atoms with E-state index >= 15 is 0 Å². The lowest BCUT2D eigenvalue weighted by Crippen LogP contribution is -2.09. The van der Waals surface area contributed by atoms with E-state index in [1.165, 1.54) is 65.6 Å². The first-order chi connectivity index (χ1) is 17.8. The zero-order valence-corrected chi connectivity index (χ0v) is 23.4. The third kappa shape index (κ3) is 6.82. The van der Waals surface area contributed by atoms with Crippen LogP contribution in [0.15, 0.2) is 48.5 Å². The number of nitrogens with one attached hydrogen (secondary N) is 2. The third-order valence-electron chi connectivity index (χ3n) is 6.86. The van der Waals surface area contributed by atoms with Gasteiger partial charge in [-0.25, -0.2) is 0 Å². The minimum Gasteiger partial charge on any atom is -0.384 e. The first-order valence-electron chi connectivity index (χ1n) is 13.5. The molecular formula is C31H42N6. The largest absolute Gasteiger partial charge is 0.384 e. The van der Waals surface area contributed by atoms with E-state index in [1.54, 1.807) is 0 Å². The summed E-state index contributed by atoms with van der Waals surface area (Å²) in [7, 11) is 8.26. The van der Waals surface area contributed by atoms with Gasteiger partial charge in [0.2, 0.25) is 0 Å². The second-order valence-corrected chi connectivity index (χ2v) is 10.4. The van der Waals surface area contributed by atoms with E-state index in [9.17, 15) is 0 Å². The van der Waals surface area contributed by atoms with Crippen molar-refractivity contribution in [1.82, 2.24) is 9.97 Å². The lowest BCUT2D eigenvalue weighted by atomic mass is 10.1. The number of aryl methyl sites for hydroxylation is 2. The van der Waals surface area contributed by atoms with Crippen LogP contribution in [0.4, 0.5) is 22.7 Å². The van der Waals surface area contributed by atoms with Crippen LogP contribution in [0, 0.1) is 13.8 Å². The molecule has 4 rings (SSSR count). The molecule has 196 valence electrons. The molecule has 37 heavy (non-hydrogen) atoms. The summed E-state index contributed by atoms with van der Waals surface area (Å²) in [6.45, 7) is 6.11. The van der Waals surface area contributed by atoms with E-state index in [0.717, 1.165) is 35.5 Å². The molecule has 0 aliphatic rings. The number of pyridine rings is 2. The van der Waals surface area contributed by atoms with Crippen LogP contribution in [-0.2, 0) is 0 Å². The maximum Gasteiger partial charge on any atom is 0.0746 e. The van der Waals surface area contributed by atoms with Crippen molar-refractivity contribution in [1.29, 1.82) is 0 Å². The normalized spacial score (nSPS) is 11.2. The predicted molar refractivity (Wildman–Crippen MR) is 162 cm³/mol. The highest BCUT2D eigenvalue weighted by molar-refractivity contribution is 5.94. The van der Waals surface area contributed by atoms with Gasteiger partial charge in [-0.2, -0.15) is 0 Å². The monoisotopic (exact) mass is 498 g/mol. The number of hydrogen-bond donors (Lipinski definition) is 2. The number of anilines is 4. The molecule has 0 radical (unpaired) electrons. The number of nitrogens with zero attached hydrogens (tertiary/aromatic N) is 4. The number of hydrogen-bond acceptors (Lipinski definition) is 6. The molecule has 2 heterocycles. The topological polar surface area (TPSA) is 56.3 Å². The molecule has 0 saturated carbocycles. The summed E-state index contributed by atoms with van der Waals surface area (Å²) in [6.07, 6.45) is 6.09. The third-order valence-corrected chi connectivity index (χ3v) is 6.86. The van der Waals surface area contributed by atoms with Gasteiger partial charge in [0.1, 0.15) is 0 Å². The Hall–Kier alpha value is -3.54. The molecule has 2 aromatic carbocycles. The summed E-state index contributed by atoms with van der Waals surface area (Å²) < 4.78 is 0. The molecule has 0 unspecified atom stereocenters. The summed E-state index contributed by atoms with van der Waals surface area (Å²) in [4.78, 5) is 13.7. The van der Waals surface area contributed by atoms with Crippen LogP contribution in [-0.4, -0.2) is 51.2 Å². The predicted octanol–water partition coefficient (Wildman–Crippen LogP) is 7.01. The zero-order chi connectivity index (χ0) is 26.4. The van der Waals surface area contributed by atoms with Gasteiger partial charge in [-0.1, -0.05) is 19.3 Å². The molecule has 0 bridgehead atoms. The molecule has 2 aromatic heterocycles. The van der Waals surface area contributed by atoms with Gasteiger partial charge in [0, 0.05) is 86.2 Å². The van der Waals surface area contributed by atoms with E-state index < -0.39 is 0 Å². The van der Waals surface area contributed by atoms with Crippen LogP contribution in [0.1, 0.15) is 43.5 Å². The van der Waals surface area contributed by atoms with Crippen LogP contribution in [0.2, 0.25) is 0 Å². The van der Waals surface area contributed by atoms with E-state index in [2.05, 4.69) is 111 Å². The van der Waals surface area contributed by atoms with Crippen molar-refractivity contribution >= 4 is 44.6 Å². The van der Waals surface area contributed by atoms with Gasteiger partial charge >= 0.3 is 0 Å². The minimum absolute atomic E-state index is 0.990. The average Bonchev–Trinajstić information content (AvgIpc) is 2.86. The Morgan fingerprint density at radius 3 is 1.38 bits per heavy atom. The smallest absolute Gasteiger partial charge is 0.0746 e. The Labute approximate surface area is 222 Å². The van der Waals surface area contributed by atoms with Gasteiger partial charge in [0.15, 0.2) is 0 Å².